The molecule has 0 spiro atoms. The average Bonchev–Trinajstić information content (AvgIpc) is 2.96. The van der Waals surface area contributed by atoms with E-state index in [9.17, 15) is 4.79 Å². The minimum absolute atomic E-state index is 0.300. The zero-order valence-electron chi connectivity index (χ0n) is 11.9. The topological polar surface area (TPSA) is 47.9 Å². The van der Waals surface area contributed by atoms with Crippen LogP contribution in [0.5, 0.6) is 0 Å². The molecule has 4 nitrogen and oxygen atoms in total. The molecular weight excluding hydrogens is 254 g/mol. The van der Waals surface area contributed by atoms with Crippen molar-refractivity contribution in [2.75, 3.05) is 7.11 Å². The molecule has 0 saturated heterocycles. The average molecular weight is 273 g/mol. The Bertz CT molecular complexity index is 554. The third kappa shape index (κ3) is 1.60. The van der Waals surface area contributed by atoms with Crippen LogP contribution in [0.1, 0.15) is 31.7 Å². The van der Waals surface area contributed by atoms with Crippen LogP contribution < -0.4 is 0 Å². The van der Waals surface area contributed by atoms with Crippen LogP contribution in [0.15, 0.2) is 35.5 Å². The first-order chi connectivity index (χ1) is 9.64. The van der Waals surface area contributed by atoms with Crippen LogP contribution >= 0.6 is 0 Å². The predicted octanol–water partition coefficient (Wildman–Crippen LogP) is 2.72. The Hall–Kier alpha value is -1.84. The molecule has 0 N–H and O–H groups in total. The number of ether oxygens (including phenoxy) is 1. The Labute approximate surface area is 118 Å². The van der Waals surface area contributed by atoms with Crippen LogP contribution in [-0.2, 0) is 20.8 Å². The van der Waals surface area contributed by atoms with Crippen molar-refractivity contribution in [3.8, 4) is 0 Å². The fourth-order valence-electron chi connectivity index (χ4n) is 3.72. The second-order valence-corrected chi connectivity index (χ2v) is 5.68. The number of hydrogen-bond donors (Lipinski definition) is 0. The largest absolute Gasteiger partial charge is 0.466 e. The molecule has 1 aromatic rings. The van der Waals surface area contributed by atoms with Crippen LogP contribution in [0.3, 0.4) is 0 Å². The van der Waals surface area contributed by atoms with Gasteiger partial charge in [0, 0.05) is 6.42 Å². The first-order valence-electron chi connectivity index (χ1n) is 7.00. The number of fused-ring (bicyclic) bond motifs is 1. The summed E-state index contributed by atoms with van der Waals surface area (Å²) < 4.78 is 5.01. The van der Waals surface area contributed by atoms with Crippen LogP contribution in [0.4, 0.5) is 0 Å². The van der Waals surface area contributed by atoms with Crippen molar-refractivity contribution >= 4 is 11.7 Å². The number of hydrogen-bond acceptors (Lipinski definition) is 4. The van der Waals surface area contributed by atoms with Gasteiger partial charge in [0.25, 0.3) is 0 Å². The summed E-state index contributed by atoms with van der Waals surface area (Å²) >= 11 is 0. The predicted molar refractivity (Wildman–Crippen MR) is 75.4 cm³/mol. The highest BCUT2D eigenvalue weighted by molar-refractivity contribution is 5.98. The number of carbonyl (C=O) groups is 1. The molecule has 20 heavy (non-hydrogen) atoms. The highest BCUT2D eigenvalue weighted by Gasteiger charge is 2.67. The lowest BCUT2D eigenvalue weighted by molar-refractivity contribution is -0.174. The monoisotopic (exact) mass is 273 g/mol. The van der Waals surface area contributed by atoms with Crippen molar-refractivity contribution in [1.82, 2.24) is 0 Å². The summed E-state index contributed by atoms with van der Waals surface area (Å²) in [7, 11) is 1.42. The molecule has 106 valence electrons. The van der Waals surface area contributed by atoms with E-state index in [0.29, 0.717) is 6.42 Å². The van der Waals surface area contributed by atoms with Gasteiger partial charge in [-0.1, -0.05) is 35.5 Å². The molecule has 1 saturated carbocycles. The molecule has 3 rings (SSSR count). The summed E-state index contributed by atoms with van der Waals surface area (Å²) in [4.78, 5) is 18.0. The molecule has 0 bridgehead atoms. The second kappa shape index (κ2) is 4.62. The van der Waals surface area contributed by atoms with E-state index in [1.54, 1.807) is 0 Å². The van der Waals surface area contributed by atoms with E-state index < -0.39 is 5.60 Å². The molecule has 0 amide bonds. The standard InChI is InChI=1S/C16H19NO3/c1-12-15(11-13-7-4-3-5-8-13)9-6-10-16(15,20-17-12)14(18)19-2/h3-5,7-8H,6,9-11H2,1-2H3. The van der Waals surface area contributed by atoms with Gasteiger partial charge < -0.3 is 9.57 Å². The van der Waals surface area contributed by atoms with Gasteiger partial charge in [0.2, 0.25) is 5.60 Å². The number of rotatable bonds is 3. The molecule has 1 aliphatic carbocycles. The second-order valence-electron chi connectivity index (χ2n) is 5.68. The summed E-state index contributed by atoms with van der Waals surface area (Å²) in [6, 6.07) is 10.2. The highest BCUT2D eigenvalue weighted by Crippen LogP contribution is 2.55. The van der Waals surface area contributed by atoms with Crippen LogP contribution in [-0.4, -0.2) is 24.4 Å². The zero-order valence-corrected chi connectivity index (χ0v) is 11.9. The van der Waals surface area contributed by atoms with Crippen LogP contribution in [0.25, 0.3) is 0 Å². The van der Waals surface area contributed by atoms with Crippen molar-refractivity contribution in [3.05, 3.63) is 35.9 Å². The molecule has 0 aromatic heterocycles. The smallest absolute Gasteiger partial charge is 0.354 e. The minimum atomic E-state index is -0.929. The SMILES string of the molecule is COC(=O)C12CCCC1(Cc1ccccc1)C(C)=NO2. The van der Waals surface area contributed by atoms with Gasteiger partial charge in [0.15, 0.2) is 0 Å². The molecular formula is C16H19NO3. The van der Waals surface area contributed by atoms with Crippen molar-refractivity contribution in [2.24, 2.45) is 10.6 Å². The van der Waals surface area contributed by atoms with Crippen LogP contribution in [0.2, 0.25) is 0 Å². The van der Waals surface area contributed by atoms with E-state index in [4.69, 9.17) is 9.57 Å². The first kappa shape index (κ1) is 13.2. The van der Waals surface area contributed by atoms with E-state index in [0.717, 1.165) is 25.0 Å². The maximum absolute atomic E-state index is 12.3. The lowest BCUT2D eigenvalue weighted by Gasteiger charge is -2.35. The van der Waals surface area contributed by atoms with E-state index >= 15 is 0 Å². The number of methoxy groups -OCH3 is 1. The summed E-state index contributed by atoms with van der Waals surface area (Å²) in [6.07, 6.45) is 3.30. The zero-order chi connectivity index (χ0) is 14.2. The van der Waals surface area contributed by atoms with Gasteiger partial charge in [0.05, 0.1) is 18.2 Å². The fraction of sp³-hybridized carbons (Fsp3) is 0.500. The molecule has 2 atom stereocenters. The molecule has 4 heteroatoms. The van der Waals surface area contributed by atoms with E-state index in [2.05, 4.69) is 17.3 Å². The fourth-order valence-corrected chi connectivity index (χ4v) is 3.72. The highest BCUT2D eigenvalue weighted by atomic mass is 16.7. The Morgan fingerprint density at radius 3 is 2.80 bits per heavy atom. The maximum Gasteiger partial charge on any atom is 0.354 e. The van der Waals surface area contributed by atoms with Gasteiger partial charge in [-0.25, -0.2) is 4.79 Å². The third-order valence-electron chi connectivity index (χ3n) is 4.80. The summed E-state index contributed by atoms with van der Waals surface area (Å²) in [6.45, 7) is 1.96. The molecule has 2 aliphatic rings. The van der Waals surface area contributed by atoms with Gasteiger partial charge in [-0.3, -0.25) is 0 Å². The molecule has 2 unspecified atom stereocenters. The van der Waals surface area contributed by atoms with E-state index in [1.165, 1.54) is 12.7 Å². The first-order valence-corrected chi connectivity index (χ1v) is 7.00. The van der Waals surface area contributed by atoms with Crippen molar-refractivity contribution < 1.29 is 14.4 Å². The molecule has 1 aliphatic heterocycles. The quantitative estimate of drug-likeness (QED) is 0.796. The third-order valence-corrected chi connectivity index (χ3v) is 4.80. The number of esters is 1. The Morgan fingerprint density at radius 2 is 2.10 bits per heavy atom. The van der Waals surface area contributed by atoms with Gasteiger partial charge >= 0.3 is 5.97 Å². The summed E-state index contributed by atoms with van der Waals surface area (Å²) in [5.41, 5.74) is 0.815. The molecule has 1 fully saturated rings. The van der Waals surface area contributed by atoms with Crippen molar-refractivity contribution in [2.45, 2.75) is 38.2 Å². The number of oxime groups is 1. The Balaban J connectivity index is 2.02. The van der Waals surface area contributed by atoms with Crippen LogP contribution in [0, 0.1) is 5.41 Å². The van der Waals surface area contributed by atoms with E-state index in [-0.39, 0.29) is 11.4 Å². The summed E-state index contributed by atoms with van der Waals surface area (Å²) in [5.74, 6) is -0.300. The lowest BCUT2D eigenvalue weighted by Crippen LogP contribution is -2.53. The van der Waals surface area contributed by atoms with Gasteiger partial charge in [-0.05, 0) is 31.7 Å². The normalized spacial score (nSPS) is 31.4. The minimum Gasteiger partial charge on any atom is -0.466 e. The van der Waals surface area contributed by atoms with Gasteiger partial charge in [0.1, 0.15) is 0 Å². The Kier molecular flexibility index (Phi) is 3.04. The summed E-state index contributed by atoms with van der Waals surface area (Å²) in [5, 5.41) is 4.15. The maximum atomic E-state index is 12.3. The molecule has 1 heterocycles. The lowest BCUT2D eigenvalue weighted by atomic mass is 9.68. The van der Waals surface area contributed by atoms with Gasteiger partial charge in [-0.15, -0.1) is 0 Å². The number of benzene rings is 1. The van der Waals surface area contributed by atoms with Crippen molar-refractivity contribution in [1.29, 1.82) is 0 Å². The van der Waals surface area contributed by atoms with Gasteiger partial charge in [-0.2, -0.15) is 0 Å². The number of nitrogens with zero attached hydrogens (tertiary/aromatic N) is 1. The Morgan fingerprint density at radius 1 is 1.35 bits per heavy atom. The number of carbonyl (C=O) groups excluding carboxylic acids is 1. The van der Waals surface area contributed by atoms with E-state index in [1.807, 2.05) is 25.1 Å². The molecule has 1 aromatic carbocycles. The molecule has 0 radical (unpaired) electrons. The van der Waals surface area contributed by atoms with Crippen molar-refractivity contribution in [3.63, 3.8) is 0 Å².